The highest BCUT2D eigenvalue weighted by Crippen LogP contribution is 2.50. The molecule has 3 aromatic carbocycles. The minimum absolute atomic E-state index is 0.602. The molecule has 0 saturated carbocycles. The van der Waals surface area contributed by atoms with E-state index in [1.165, 1.54) is 0 Å². The van der Waals surface area contributed by atoms with Crippen molar-refractivity contribution < 1.29 is 89.5 Å². The predicted octanol–water partition coefficient (Wildman–Crippen LogP) is -0.297. The lowest BCUT2D eigenvalue weighted by atomic mass is 9.91. The summed E-state index contributed by atoms with van der Waals surface area (Å²) in [5.41, 5.74) is -3.93. The van der Waals surface area contributed by atoms with E-state index in [0.29, 0.717) is 24.3 Å². The summed E-state index contributed by atoms with van der Waals surface area (Å²) >= 11 is 0. The van der Waals surface area contributed by atoms with Crippen LogP contribution in [0.2, 0.25) is 0 Å². The molecular formula is C27H22O18. The zero-order valence-corrected chi connectivity index (χ0v) is 22.2. The van der Waals surface area contributed by atoms with Crippen LogP contribution in [0.3, 0.4) is 0 Å². The first-order valence-corrected chi connectivity index (χ1v) is 12.5. The van der Waals surface area contributed by atoms with Crippen molar-refractivity contribution in [2.75, 3.05) is 6.61 Å². The fourth-order valence-electron chi connectivity index (χ4n) is 4.78. The van der Waals surface area contributed by atoms with Gasteiger partial charge in [0.05, 0.1) is 12.2 Å². The van der Waals surface area contributed by atoms with Gasteiger partial charge >= 0.3 is 17.9 Å². The monoisotopic (exact) mass is 634 g/mol. The van der Waals surface area contributed by atoms with Crippen molar-refractivity contribution in [1.82, 2.24) is 0 Å². The first-order valence-electron chi connectivity index (χ1n) is 12.5. The summed E-state index contributed by atoms with van der Waals surface area (Å²) in [6, 6.07) is 2.60. The van der Waals surface area contributed by atoms with E-state index in [4.69, 9.17) is 18.9 Å². The van der Waals surface area contributed by atoms with Crippen LogP contribution in [0.15, 0.2) is 24.3 Å². The largest absolute Gasteiger partial charge is 0.504 e. The number of phenolic OH excluding ortho intramolecular Hbond substituents is 9. The third-order valence-corrected chi connectivity index (χ3v) is 7.02. The Kier molecular flexibility index (Phi) is 7.49. The number of phenols is 9. The fourth-order valence-corrected chi connectivity index (χ4v) is 4.78. The van der Waals surface area contributed by atoms with Crippen molar-refractivity contribution >= 4 is 17.9 Å². The van der Waals surface area contributed by atoms with E-state index < -0.39 is 135 Å². The molecule has 0 spiro atoms. The van der Waals surface area contributed by atoms with Crippen LogP contribution in [0.1, 0.15) is 31.1 Å². The number of esters is 3. The highest BCUT2D eigenvalue weighted by Gasteiger charge is 2.53. The molecule has 2 aliphatic heterocycles. The van der Waals surface area contributed by atoms with Crippen LogP contribution < -0.4 is 0 Å². The van der Waals surface area contributed by atoms with Crippen LogP contribution in [0, 0.1) is 0 Å². The average Bonchev–Trinajstić information content (AvgIpc) is 2.99. The number of fused-ring (bicyclic) bond motifs is 4. The van der Waals surface area contributed by atoms with Crippen LogP contribution >= 0.6 is 0 Å². The molecule has 1 fully saturated rings. The lowest BCUT2D eigenvalue weighted by Crippen LogP contribution is -2.62. The summed E-state index contributed by atoms with van der Waals surface area (Å²) in [4.78, 5) is 40.0. The average molecular weight is 634 g/mol. The van der Waals surface area contributed by atoms with Crippen molar-refractivity contribution in [2.24, 2.45) is 0 Å². The van der Waals surface area contributed by atoms with Gasteiger partial charge in [-0.3, -0.25) is 0 Å². The fraction of sp³-hybridized carbons (Fsp3) is 0.222. The van der Waals surface area contributed by atoms with Gasteiger partial charge in [0.1, 0.15) is 23.3 Å². The molecule has 0 aliphatic carbocycles. The number of aromatic hydroxyl groups is 9. The van der Waals surface area contributed by atoms with Gasteiger partial charge in [-0.2, -0.15) is 0 Å². The first-order chi connectivity index (χ1) is 21.2. The lowest BCUT2D eigenvalue weighted by Gasteiger charge is -2.42. The van der Waals surface area contributed by atoms with Crippen LogP contribution in [0.5, 0.6) is 51.7 Å². The number of ether oxygens (including phenoxy) is 4. The molecule has 0 aromatic heterocycles. The second-order valence-electron chi connectivity index (χ2n) is 9.76. The first kappa shape index (κ1) is 30.6. The molecule has 5 unspecified atom stereocenters. The van der Waals surface area contributed by atoms with E-state index >= 15 is 0 Å². The summed E-state index contributed by atoms with van der Waals surface area (Å²) in [6.07, 6.45) is -10.3. The van der Waals surface area contributed by atoms with Crippen molar-refractivity contribution in [3.05, 3.63) is 41.0 Å². The number of hydrogen-bond donors (Lipinski definition) is 11. The van der Waals surface area contributed by atoms with Gasteiger partial charge in [-0.25, -0.2) is 14.4 Å². The molecule has 5 atom stereocenters. The molecule has 2 heterocycles. The molecule has 11 N–H and O–H groups in total. The van der Waals surface area contributed by atoms with Crippen LogP contribution in [-0.2, 0) is 18.9 Å². The summed E-state index contributed by atoms with van der Waals surface area (Å²) in [6.45, 7) is -1.02. The molecule has 2 aliphatic rings. The topological polar surface area (TPSA) is 311 Å². The number of carbonyl (C=O) groups excluding carboxylic acids is 3. The third kappa shape index (κ3) is 4.97. The Hall–Kier alpha value is -5.85. The minimum atomic E-state index is -2.19. The van der Waals surface area contributed by atoms with E-state index in [9.17, 15) is 70.6 Å². The summed E-state index contributed by atoms with van der Waals surface area (Å²) < 4.78 is 21.2. The van der Waals surface area contributed by atoms with Gasteiger partial charge in [0.25, 0.3) is 0 Å². The Labute approximate surface area is 248 Å². The van der Waals surface area contributed by atoms with Crippen LogP contribution in [-0.4, -0.2) is 111 Å². The van der Waals surface area contributed by atoms with Crippen molar-refractivity contribution in [3.63, 3.8) is 0 Å². The van der Waals surface area contributed by atoms with E-state index in [0.717, 1.165) is 0 Å². The Morgan fingerprint density at radius 3 is 1.58 bits per heavy atom. The zero-order chi connectivity index (χ0) is 33.1. The number of rotatable bonds is 3. The van der Waals surface area contributed by atoms with Crippen LogP contribution in [0.25, 0.3) is 11.1 Å². The summed E-state index contributed by atoms with van der Waals surface area (Å²) in [7, 11) is 0. The highest BCUT2D eigenvalue weighted by atomic mass is 16.7. The van der Waals surface area contributed by atoms with Crippen LogP contribution in [0.4, 0.5) is 0 Å². The molecule has 0 amide bonds. The predicted molar refractivity (Wildman–Crippen MR) is 139 cm³/mol. The molecule has 238 valence electrons. The number of aliphatic hydroxyl groups is 2. The third-order valence-electron chi connectivity index (χ3n) is 7.02. The Bertz CT molecular complexity index is 1730. The van der Waals surface area contributed by atoms with Gasteiger partial charge in [0.2, 0.25) is 23.9 Å². The number of hydrogen-bond acceptors (Lipinski definition) is 18. The van der Waals surface area contributed by atoms with Gasteiger partial charge in [-0.15, -0.1) is 0 Å². The molecular weight excluding hydrogens is 612 g/mol. The molecule has 0 radical (unpaired) electrons. The SMILES string of the molecule is O=C(OC1OC(CO)C(O)C2OC(=O)c3c(cc(O)c(O)c3O)-c3cc(O)c(O)c(O)c3C(=O)OC12)c1cc(O)c(O)c(O)c1. The summed E-state index contributed by atoms with van der Waals surface area (Å²) in [5, 5.41) is 112. The van der Waals surface area contributed by atoms with E-state index in [1.807, 2.05) is 0 Å². The highest BCUT2D eigenvalue weighted by molar-refractivity contribution is 6.08. The normalized spacial score (nSPS) is 22.7. The van der Waals surface area contributed by atoms with E-state index in [-0.39, 0.29) is 0 Å². The molecule has 45 heavy (non-hydrogen) atoms. The lowest BCUT2D eigenvalue weighted by molar-refractivity contribution is -0.283. The quantitative estimate of drug-likeness (QED) is 0.100. The van der Waals surface area contributed by atoms with Gasteiger partial charge < -0.3 is 75.1 Å². The molecule has 3 aromatic rings. The number of carbonyl (C=O) groups is 3. The molecule has 18 nitrogen and oxygen atoms in total. The maximum atomic E-state index is 13.6. The Morgan fingerprint density at radius 2 is 1.11 bits per heavy atom. The van der Waals surface area contributed by atoms with E-state index in [2.05, 4.69) is 0 Å². The van der Waals surface area contributed by atoms with Crippen molar-refractivity contribution in [3.8, 4) is 62.9 Å². The minimum Gasteiger partial charge on any atom is -0.504 e. The van der Waals surface area contributed by atoms with Gasteiger partial charge in [-0.1, -0.05) is 0 Å². The second kappa shape index (κ2) is 11.0. The maximum absolute atomic E-state index is 13.6. The summed E-state index contributed by atoms with van der Waals surface area (Å²) in [5.74, 6) is -14.8. The Morgan fingerprint density at radius 1 is 0.667 bits per heavy atom. The van der Waals surface area contributed by atoms with Crippen molar-refractivity contribution in [2.45, 2.75) is 30.7 Å². The van der Waals surface area contributed by atoms with Gasteiger partial charge in [0.15, 0.2) is 46.4 Å². The molecule has 1 saturated heterocycles. The second-order valence-corrected chi connectivity index (χ2v) is 9.76. The number of benzene rings is 3. The van der Waals surface area contributed by atoms with Crippen molar-refractivity contribution in [1.29, 1.82) is 0 Å². The molecule has 18 heteroatoms. The zero-order valence-electron chi connectivity index (χ0n) is 22.2. The van der Waals surface area contributed by atoms with Gasteiger partial charge in [0, 0.05) is 11.1 Å². The molecule has 0 bridgehead atoms. The smallest absolute Gasteiger partial charge is 0.343 e. The molecule has 5 rings (SSSR count). The maximum Gasteiger partial charge on any atom is 0.343 e. The van der Waals surface area contributed by atoms with Gasteiger partial charge in [-0.05, 0) is 24.3 Å². The number of aliphatic hydroxyl groups excluding tert-OH is 2. The Balaban J connectivity index is 1.69. The standard InChI is InChI=1S/C27H22O18/c28-5-13-19(36)22-23(27(42-13)45-24(39)6-1-9(29)16(33)10(30)2-6)44-26(41)15-8(4-12(32)18(35)21(15)38)7-3-11(31)17(34)20(37)14(7)25(40)43-22/h1-4,13,19,22-23,27-38H,5H2. The van der Waals surface area contributed by atoms with E-state index in [1.54, 1.807) is 0 Å².